The number of para-hydroxylation sites is 1. The number of aromatic nitrogens is 2. The molecule has 0 bridgehead atoms. The number of carbonyl (C=O) groups is 1. The Morgan fingerprint density at radius 3 is 2.62 bits per heavy atom. The minimum atomic E-state index is -0.985. The molecule has 5 rings (SSSR count). The number of nitrogens with one attached hydrogen (secondary N) is 3. The molecule has 3 heterocycles. The normalized spacial score (nSPS) is 19.3. The van der Waals surface area contributed by atoms with E-state index in [-0.39, 0.29) is 18.5 Å². The van der Waals surface area contributed by atoms with E-state index in [1.54, 1.807) is 16.9 Å². The van der Waals surface area contributed by atoms with Crippen molar-refractivity contribution in [3.63, 3.8) is 0 Å². The first-order valence-electron chi connectivity index (χ1n) is 12.4. The number of hydrogen-bond acceptors (Lipinski definition) is 7. The number of hydroxylamine groups is 2. The van der Waals surface area contributed by atoms with Crippen LogP contribution in [0, 0.1) is 18.6 Å². The fourth-order valence-corrected chi connectivity index (χ4v) is 4.34. The molecule has 10 nitrogen and oxygen atoms in total. The average molecular weight is 565 g/mol. The molecule has 3 aromatic rings. The van der Waals surface area contributed by atoms with Gasteiger partial charge in [-0.25, -0.2) is 18.3 Å². The molecular weight excluding hydrogens is 534 g/mol. The van der Waals surface area contributed by atoms with E-state index in [0.717, 1.165) is 30.9 Å². The van der Waals surface area contributed by atoms with Gasteiger partial charge >= 0.3 is 6.03 Å². The van der Waals surface area contributed by atoms with Gasteiger partial charge in [-0.3, -0.25) is 10.2 Å². The van der Waals surface area contributed by atoms with Gasteiger partial charge < -0.3 is 20.1 Å². The van der Waals surface area contributed by atoms with E-state index in [2.05, 4.69) is 21.0 Å². The summed E-state index contributed by atoms with van der Waals surface area (Å²) in [5, 5.41) is 15.2. The van der Waals surface area contributed by atoms with E-state index in [0.29, 0.717) is 42.5 Å². The number of benzene rings is 2. The zero-order valence-electron chi connectivity index (χ0n) is 21.5. The van der Waals surface area contributed by atoms with E-state index in [1.165, 1.54) is 6.07 Å². The van der Waals surface area contributed by atoms with Crippen LogP contribution in [0.3, 0.4) is 0 Å². The summed E-state index contributed by atoms with van der Waals surface area (Å²) < 4.78 is 40.3. The van der Waals surface area contributed by atoms with Gasteiger partial charge in [-0.2, -0.15) is 5.06 Å². The smallest absolute Gasteiger partial charge is 0.320 e. The quantitative estimate of drug-likeness (QED) is 0.366. The summed E-state index contributed by atoms with van der Waals surface area (Å²) in [4.78, 5) is 19.2. The van der Waals surface area contributed by atoms with Crippen LogP contribution in [0.15, 0.2) is 48.5 Å². The summed E-state index contributed by atoms with van der Waals surface area (Å²) in [7, 11) is 1.57. The lowest BCUT2D eigenvalue weighted by molar-refractivity contribution is -0.154. The lowest BCUT2D eigenvalue weighted by Gasteiger charge is -2.26. The highest BCUT2D eigenvalue weighted by atomic mass is 35.5. The number of methoxy groups -OCH3 is 1. The maximum atomic E-state index is 14.0. The molecule has 0 unspecified atom stereocenters. The van der Waals surface area contributed by atoms with Crippen molar-refractivity contribution in [1.29, 1.82) is 0 Å². The third kappa shape index (κ3) is 6.48. The van der Waals surface area contributed by atoms with Crippen LogP contribution >= 0.6 is 12.4 Å². The number of rotatable bonds is 9. The molecule has 2 fully saturated rings. The molecule has 2 aliphatic heterocycles. The molecule has 2 aromatic carbocycles. The minimum Gasteiger partial charge on any atom is -0.470 e. The number of anilines is 1. The topological polar surface area (TPSA) is 102 Å². The van der Waals surface area contributed by atoms with Gasteiger partial charge in [0, 0.05) is 33.3 Å². The summed E-state index contributed by atoms with van der Waals surface area (Å²) in [6.07, 6.45) is -0.710. The van der Waals surface area contributed by atoms with Crippen molar-refractivity contribution in [2.24, 2.45) is 0 Å². The van der Waals surface area contributed by atoms with Gasteiger partial charge in [0.25, 0.3) is 0 Å². The predicted molar refractivity (Wildman–Crippen MR) is 142 cm³/mol. The molecule has 2 amide bonds. The summed E-state index contributed by atoms with van der Waals surface area (Å²) in [6, 6.07) is 11.9. The molecule has 2 saturated heterocycles. The van der Waals surface area contributed by atoms with E-state index < -0.39 is 29.8 Å². The lowest BCUT2D eigenvalue weighted by Crippen LogP contribution is -2.50. The Hall–Kier alpha value is -3.29. The van der Waals surface area contributed by atoms with Gasteiger partial charge in [0.1, 0.15) is 18.0 Å². The highest BCUT2D eigenvalue weighted by molar-refractivity contribution is 5.90. The molecule has 13 heteroatoms. The molecule has 2 atom stereocenters. The number of nitrogens with zero attached hydrogens (tertiary/aromatic N) is 3. The molecule has 0 spiro atoms. The van der Waals surface area contributed by atoms with Crippen molar-refractivity contribution in [2.75, 3.05) is 45.2 Å². The number of carbonyl (C=O) groups excluding carboxylic acids is 1. The Balaban J connectivity index is 0.00000353. The van der Waals surface area contributed by atoms with Crippen molar-refractivity contribution in [1.82, 2.24) is 25.5 Å². The fourth-order valence-electron chi connectivity index (χ4n) is 4.34. The highest BCUT2D eigenvalue weighted by Crippen LogP contribution is 2.32. The molecule has 0 radical (unpaired) electrons. The van der Waals surface area contributed by atoms with Crippen molar-refractivity contribution < 1.29 is 27.9 Å². The van der Waals surface area contributed by atoms with Crippen LogP contribution in [0.5, 0.6) is 5.88 Å². The minimum absolute atomic E-state index is 0. The number of halogens is 3. The second-order valence-corrected chi connectivity index (χ2v) is 9.21. The first kappa shape index (κ1) is 28.7. The summed E-state index contributed by atoms with van der Waals surface area (Å²) >= 11 is 0. The van der Waals surface area contributed by atoms with Crippen LogP contribution in [-0.2, 0) is 9.57 Å². The zero-order chi connectivity index (χ0) is 26.6. The lowest BCUT2D eigenvalue weighted by atomic mass is 10.0. The largest absolute Gasteiger partial charge is 0.470 e. The van der Waals surface area contributed by atoms with E-state index in [1.807, 2.05) is 37.3 Å². The Kier molecular flexibility index (Phi) is 9.36. The van der Waals surface area contributed by atoms with Crippen molar-refractivity contribution in [3.05, 3.63) is 71.3 Å². The van der Waals surface area contributed by atoms with Gasteiger partial charge in [0.2, 0.25) is 5.88 Å². The molecule has 0 aliphatic carbocycles. The Morgan fingerprint density at radius 1 is 1.18 bits per heavy atom. The van der Waals surface area contributed by atoms with E-state index in [4.69, 9.17) is 14.3 Å². The van der Waals surface area contributed by atoms with Crippen LogP contribution in [0.1, 0.15) is 17.2 Å². The summed E-state index contributed by atoms with van der Waals surface area (Å²) in [5.74, 6) is -1.05. The van der Waals surface area contributed by atoms with Gasteiger partial charge in [-0.15, -0.1) is 17.5 Å². The SMILES string of the molecule is COCCN1C[C@@H](NC(=O)Nc2c(C)c(OC3CNC3)nn2-c2ccccc2)[C@H](c2ccc(F)c(F)c2)O1.Cl. The van der Waals surface area contributed by atoms with Gasteiger partial charge in [0.15, 0.2) is 11.6 Å². The maximum Gasteiger partial charge on any atom is 0.320 e. The predicted octanol–water partition coefficient (Wildman–Crippen LogP) is 3.36. The summed E-state index contributed by atoms with van der Waals surface area (Å²) in [5.41, 5.74) is 1.84. The molecule has 39 heavy (non-hydrogen) atoms. The van der Waals surface area contributed by atoms with E-state index in [9.17, 15) is 13.6 Å². The Morgan fingerprint density at radius 2 is 1.95 bits per heavy atom. The van der Waals surface area contributed by atoms with Gasteiger partial charge in [-0.05, 0) is 36.8 Å². The van der Waals surface area contributed by atoms with Gasteiger partial charge in [0.05, 0.1) is 23.9 Å². The van der Waals surface area contributed by atoms with Crippen LogP contribution < -0.4 is 20.7 Å². The van der Waals surface area contributed by atoms with Crippen molar-refractivity contribution >= 4 is 24.3 Å². The van der Waals surface area contributed by atoms with Crippen molar-refractivity contribution in [2.45, 2.75) is 25.2 Å². The van der Waals surface area contributed by atoms with Gasteiger partial charge in [-0.1, -0.05) is 24.3 Å². The monoisotopic (exact) mass is 564 g/mol. The first-order valence-corrected chi connectivity index (χ1v) is 12.4. The Bertz CT molecular complexity index is 1280. The number of amides is 2. The molecule has 2 aliphatic rings. The van der Waals surface area contributed by atoms with Crippen molar-refractivity contribution in [3.8, 4) is 11.6 Å². The fraction of sp³-hybridized carbons (Fsp3) is 0.385. The average Bonchev–Trinajstić information content (AvgIpc) is 3.43. The number of hydrogen-bond donors (Lipinski definition) is 3. The van der Waals surface area contributed by atoms with Crippen LogP contribution in [0.4, 0.5) is 19.4 Å². The van der Waals surface area contributed by atoms with Crippen LogP contribution in [0.25, 0.3) is 5.69 Å². The summed E-state index contributed by atoms with van der Waals surface area (Å²) in [6.45, 7) is 4.45. The zero-order valence-corrected chi connectivity index (χ0v) is 22.3. The second-order valence-electron chi connectivity index (χ2n) is 9.21. The highest BCUT2D eigenvalue weighted by Gasteiger charge is 2.37. The number of ether oxygens (including phenoxy) is 2. The molecular formula is C26H31ClF2N6O4. The second kappa shape index (κ2) is 12.7. The first-order chi connectivity index (χ1) is 18.4. The third-order valence-electron chi connectivity index (χ3n) is 6.50. The molecule has 3 N–H and O–H groups in total. The van der Waals surface area contributed by atoms with Crippen LogP contribution in [0.2, 0.25) is 0 Å². The molecule has 0 saturated carbocycles. The Labute approximate surface area is 231 Å². The van der Waals surface area contributed by atoms with E-state index >= 15 is 0 Å². The molecule has 1 aromatic heterocycles. The standard InChI is InChI=1S/C26H30F2N6O4.ClH/c1-16-24(34(18-6-4-3-5-7-18)32-25(16)37-19-13-29-14-19)31-26(35)30-22-15-33(10-11-36-2)38-23(22)17-8-9-20(27)21(28)12-17;/h3-9,12,19,22-23,29H,10-11,13-15H2,1-2H3,(H2,30,31,35);1H/t22-,23+;/m1./s1. The third-order valence-corrected chi connectivity index (χ3v) is 6.50. The van der Waals surface area contributed by atoms with Crippen LogP contribution in [-0.4, -0.2) is 72.9 Å². The molecule has 210 valence electrons. The number of urea groups is 1. The maximum absolute atomic E-state index is 14.0.